The van der Waals surface area contributed by atoms with Gasteiger partial charge in [0.1, 0.15) is 5.82 Å². The Morgan fingerprint density at radius 2 is 1.61 bits per heavy atom. The standard InChI is InChI=1S/C21H18F4N4O4/c22-14-4-6-15(7-5-14)27-20(32)33-28-16-8-10-29(11-9-16)19(31)18(30)26-17-3-1-2-13(12-17)21(23,24)25/h1-7,12H,8-11H2,(H,26,30)(H,27,32). The SMILES string of the molecule is O=C(Nc1ccc(F)cc1)ON=C1CCN(C(=O)C(=O)Nc2cccc(C(F)(F)F)c2)CC1. The molecule has 33 heavy (non-hydrogen) atoms. The summed E-state index contributed by atoms with van der Waals surface area (Å²) in [5.41, 5.74) is -0.307. The molecule has 1 aliphatic heterocycles. The summed E-state index contributed by atoms with van der Waals surface area (Å²) in [4.78, 5) is 42.2. The van der Waals surface area contributed by atoms with E-state index >= 15 is 0 Å². The first-order chi connectivity index (χ1) is 15.6. The first kappa shape index (κ1) is 23.7. The fourth-order valence-corrected chi connectivity index (χ4v) is 2.94. The Hall–Kier alpha value is -3.96. The Morgan fingerprint density at radius 3 is 2.24 bits per heavy atom. The van der Waals surface area contributed by atoms with Crippen LogP contribution in [0.2, 0.25) is 0 Å². The first-order valence-corrected chi connectivity index (χ1v) is 9.68. The third kappa shape index (κ3) is 6.76. The lowest BCUT2D eigenvalue weighted by Crippen LogP contribution is -2.44. The molecule has 0 aliphatic carbocycles. The molecular formula is C21H18F4N4O4. The molecule has 0 bridgehead atoms. The predicted octanol–water partition coefficient (Wildman–Crippen LogP) is 4.01. The lowest BCUT2D eigenvalue weighted by Gasteiger charge is -2.26. The number of benzene rings is 2. The quantitative estimate of drug-likeness (QED) is 0.309. The lowest BCUT2D eigenvalue weighted by molar-refractivity contribution is -0.143. The predicted molar refractivity (Wildman–Crippen MR) is 110 cm³/mol. The topological polar surface area (TPSA) is 100 Å². The molecule has 2 aromatic rings. The zero-order valence-corrected chi connectivity index (χ0v) is 17.0. The number of oxime groups is 1. The van der Waals surface area contributed by atoms with Gasteiger partial charge in [0.15, 0.2) is 0 Å². The Bertz CT molecular complexity index is 1060. The monoisotopic (exact) mass is 466 g/mol. The van der Waals surface area contributed by atoms with Crippen LogP contribution in [-0.2, 0) is 20.6 Å². The molecule has 0 aromatic heterocycles. The van der Waals surface area contributed by atoms with E-state index in [-0.39, 0.29) is 31.6 Å². The number of hydrogen-bond donors (Lipinski definition) is 2. The van der Waals surface area contributed by atoms with Crippen LogP contribution in [0.4, 0.5) is 33.7 Å². The van der Waals surface area contributed by atoms with Gasteiger partial charge in [0.05, 0.1) is 11.3 Å². The van der Waals surface area contributed by atoms with Crippen molar-refractivity contribution in [2.45, 2.75) is 19.0 Å². The average Bonchev–Trinajstić information content (AvgIpc) is 2.79. The second-order valence-electron chi connectivity index (χ2n) is 6.99. The summed E-state index contributed by atoms with van der Waals surface area (Å²) < 4.78 is 51.2. The molecule has 0 spiro atoms. The van der Waals surface area contributed by atoms with Crippen LogP contribution in [0.5, 0.6) is 0 Å². The van der Waals surface area contributed by atoms with Crippen molar-refractivity contribution >= 4 is 35.0 Å². The molecule has 0 unspecified atom stereocenters. The number of anilines is 2. The number of rotatable bonds is 3. The van der Waals surface area contributed by atoms with E-state index in [1.807, 2.05) is 0 Å². The Kier molecular flexibility index (Phi) is 7.26. The summed E-state index contributed by atoms with van der Waals surface area (Å²) >= 11 is 0. The van der Waals surface area contributed by atoms with E-state index in [0.717, 1.165) is 30.3 Å². The molecule has 8 nitrogen and oxygen atoms in total. The molecule has 0 radical (unpaired) electrons. The molecule has 2 N–H and O–H groups in total. The van der Waals surface area contributed by atoms with Crippen LogP contribution < -0.4 is 10.6 Å². The van der Waals surface area contributed by atoms with E-state index in [4.69, 9.17) is 4.84 Å². The van der Waals surface area contributed by atoms with Crippen molar-refractivity contribution in [3.8, 4) is 0 Å². The van der Waals surface area contributed by atoms with Crippen LogP contribution >= 0.6 is 0 Å². The van der Waals surface area contributed by atoms with Crippen LogP contribution in [0, 0.1) is 5.82 Å². The van der Waals surface area contributed by atoms with E-state index in [1.54, 1.807) is 0 Å². The summed E-state index contributed by atoms with van der Waals surface area (Å²) in [5.74, 6) is -2.43. The molecule has 1 heterocycles. The van der Waals surface area contributed by atoms with Gasteiger partial charge in [-0.1, -0.05) is 11.2 Å². The number of halogens is 4. The van der Waals surface area contributed by atoms with Gasteiger partial charge in [-0.25, -0.2) is 9.18 Å². The van der Waals surface area contributed by atoms with Crippen LogP contribution in [0.1, 0.15) is 18.4 Å². The minimum absolute atomic E-state index is 0.108. The van der Waals surface area contributed by atoms with Gasteiger partial charge in [0.25, 0.3) is 0 Å². The highest BCUT2D eigenvalue weighted by atomic mass is 19.4. The summed E-state index contributed by atoms with van der Waals surface area (Å²) in [6.07, 6.45) is -5.00. The maximum atomic E-state index is 12.9. The van der Waals surface area contributed by atoms with E-state index in [1.165, 1.54) is 23.1 Å². The minimum Gasteiger partial charge on any atom is -0.334 e. The summed E-state index contributed by atoms with van der Waals surface area (Å²) in [6, 6.07) is 8.98. The van der Waals surface area contributed by atoms with Crippen molar-refractivity contribution in [1.82, 2.24) is 4.90 Å². The van der Waals surface area contributed by atoms with E-state index in [2.05, 4.69) is 15.8 Å². The van der Waals surface area contributed by atoms with Crippen LogP contribution in [-0.4, -0.2) is 41.6 Å². The van der Waals surface area contributed by atoms with Gasteiger partial charge in [0.2, 0.25) is 0 Å². The number of piperidine rings is 1. The highest BCUT2D eigenvalue weighted by Gasteiger charge is 2.31. The molecule has 2 aromatic carbocycles. The number of hydrogen-bond acceptors (Lipinski definition) is 5. The van der Waals surface area contributed by atoms with E-state index in [9.17, 15) is 31.9 Å². The number of amides is 3. The highest BCUT2D eigenvalue weighted by Crippen LogP contribution is 2.30. The molecule has 0 atom stereocenters. The van der Waals surface area contributed by atoms with Gasteiger partial charge in [-0.3, -0.25) is 19.7 Å². The van der Waals surface area contributed by atoms with Gasteiger partial charge in [-0.15, -0.1) is 0 Å². The molecule has 174 valence electrons. The first-order valence-electron chi connectivity index (χ1n) is 9.68. The molecule has 12 heteroatoms. The zero-order valence-electron chi connectivity index (χ0n) is 17.0. The Balaban J connectivity index is 1.47. The van der Waals surface area contributed by atoms with E-state index < -0.39 is 35.5 Å². The average molecular weight is 466 g/mol. The zero-order chi connectivity index (χ0) is 24.0. The van der Waals surface area contributed by atoms with Crippen molar-refractivity contribution in [3.63, 3.8) is 0 Å². The maximum Gasteiger partial charge on any atom is 0.437 e. The Morgan fingerprint density at radius 1 is 0.939 bits per heavy atom. The normalized spacial score (nSPS) is 13.8. The summed E-state index contributed by atoms with van der Waals surface area (Å²) in [7, 11) is 0. The third-order valence-electron chi connectivity index (χ3n) is 4.62. The van der Waals surface area contributed by atoms with Gasteiger partial charge < -0.3 is 10.2 Å². The molecule has 3 rings (SSSR count). The number of alkyl halides is 3. The number of nitrogens with zero attached hydrogens (tertiary/aromatic N) is 2. The molecular weight excluding hydrogens is 448 g/mol. The van der Waals surface area contributed by atoms with Gasteiger partial charge in [-0.05, 0) is 42.5 Å². The fourth-order valence-electron chi connectivity index (χ4n) is 2.94. The summed E-state index contributed by atoms with van der Waals surface area (Å²) in [6.45, 7) is 0.216. The van der Waals surface area contributed by atoms with Gasteiger partial charge in [-0.2, -0.15) is 13.2 Å². The molecule has 0 saturated carbocycles. The lowest BCUT2D eigenvalue weighted by atomic mass is 10.1. The van der Waals surface area contributed by atoms with Gasteiger partial charge >= 0.3 is 24.1 Å². The molecule has 3 amide bonds. The Labute approximate surface area is 185 Å². The maximum absolute atomic E-state index is 12.9. The number of carbonyl (C=O) groups excluding carboxylic acids is 3. The largest absolute Gasteiger partial charge is 0.437 e. The second kappa shape index (κ2) is 10.1. The molecule has 1 aliphatic rings. The molecule has 1 saturated heterocycles. The van der Waals surface area contributed by atoms with Crippen molar-refractivity contribution in [3.05, 3.63) is 59.9 Å². The van der Waals surface area contributed by atoms with Crippen molar-refractivity contribution in [2.24, 2.45) is 5.16 Å². The highest BCUT2D eigenvalue weighted by molar-refractivity contribution is 6.39. The summed E-state index contributed by atoms with van der Waals surface area (Å²) in [5, 5.41) is 8.25. The van der Waals surface area contributed by atoms with Crippen molar-refractivity contribution in [2.75, 3.05) is 23.7 Å². The number of carbonyl (C=O) groups is 3. The van der Waals surface area contributed by atoms with Gasteiger partial charge in [0, 0.05) is 37.3 Å². The van der Waals surface area contributed by atoms with E-state index in [0.29, 0.717) is 11.4 Å². The number of likely N-dealkylation sites (tertiary alicyclic amines) is 1. The van der Waals surface area contributed by atoms with Crippen LogP contribution in [0.25, 0.3) is 0 Å². The third-order valence-corrected chi connectivity index (χ3v) is 4.62. The van der Waals surface area contributed by atoms with Crippen molar-refractivity contribution < 1.29 is 36.8 Å². The number of nitrogens with one attached hydrogen (secondary N) is 2. The fraction of sp³-hybridized carbons (Fsp3) is 0.238. The smallest absolute Gasteiger partial charge is 0.334 e. The second-order valence-corrected chi connectivity index (χ2v) is 6.99. The van der Waals surface area contributed by atoms with Crippen LogP contribution in [0.15, 0.2) is 53.7 Å². The van der Waals surface area contributed by atoms with Crippen molar-refractivity contribution in [1.29, 1.82) is 0 Å². The minimum atomic E-state index is -4.58. The molecule has 1 fully saturated rings. The van der Waals surface area contributed by atoms with Crippen LogP contribution in [0.3, 0.4) is 0 Å².